The summed E-state index contributed by atoms with van der Waals surface area (Å²) in [7, 11) is 2.12. The van der Waals surface area contributed by atoms with Gasteiger partial charge in [-0.25, -0.2) is 9.97 Å². The maximum absolute atomic E-state index is 5.59. The molecule has 0 aromatic carbocycles. The van der Waals surface area contributed by atoms with Gasteiger partial charge in [0.1, 0.15) is 10.7 Å². The van der Waals surface area contributed by atoms with Gasteiger partial charge in [-0.1, -0.05) is 12.2 Å². The minimum absolute atomic E-state index is 0.268. The molecule has 100 valence electrons. The van der Waals surface area contributed by atoms with Crippen LogP contribution in [0.25, 0.3) is 0 Å². The molecule has 0 unspecified atom stereocenters. The predicted molar refractivity (Wildman–Crippen MR) is 78.8 cm³/mol. The zero-order valence-corrected chi connectivity index (χ0v) is 12.0. The highest BCUT2D eigenvalue weighted by Gasteiger charge is 2.07. The summed E-state index contributed by atoms with van der Waals surface area (Å²) in [6.07, 6.45) is 4.25. The van der Waals surface area contributed by atoms with Crippen LogP contribution in [0.4, 0.5) is 5.82 Å². The third-order valence-electron chi connectivity index (χ3n) is 2.79. The van der Waals surface area contributed by atoms with Crippen molar-refractivity contribution in [3.63, 3.8) is 0 Å². The number of hydrogen-bond acceptors (Lipinski definition) is 5. The first-order valence-corrected chi connectivity index (χ1v) is 6.48. The maximum Gasteiger partial charge on any atom is 0.155 e. The number of thiocarbonyl (C=S) groups is 1. The van der Waals surface area contributed by atoms with E-state index in [1.807, 2.05) is 0 Å². The topological polar surface area (TPSA) is 67.1 Å². The number of nitrogens with zero attached hydrogens (tertiary/aromatic N) is 3. The van der Waals surface area contributed by atoms with E-state index in [4.69, 9.17) is 18.0 Å². The average molecular weight is 267 g/mol. The average Bonchev–Trinajstić information content (AvgIpc) is 2.34. The van der Waals surface area contributed by atoms with E-state index in [9.17, 15) is 0 Å². The van der Waals surface area contributed by atoms with E-state index in [0.29, 0.717) is 17.6 Å². The lowest BCUT2D eigenvalue weighted by Crippen LogP contribution is -2.28. The standard InChI is InChI=1S/C12H21N5S/c1-9(2)17(3)8-4-5-15-12-10(11(13)18)14-6-7-16-12/h6-7,9H,4-5,8H2,1-3H3,(H2,13,18)(H,15,16). The van der Waals surface area contributed by atoms with Gasteiger partial charge in [0.15, 0.2) is 5.82 Å². The van der Waals surface area contributed by atoms with Crippen LogP contribution in [0.2, 0.25) is 0 Å². The summed E-state index contributed by atoms with van der Waals surface area (Å²) >= 11 is 4.93. The highest BCUT2D eigenvalue weighted by atomic mass is 32.1. The first-order valence-electron chi connectivity index (χ1n) is 6.07. The summed E-state index contributed by atoms with van der Waals surface area (Å²) in [5.41, 5.74) is 6.15. The normalized spacial score (nSPS) is 10.9. The molecule has 0 atom stereocenters. The molecule has 0 radical (unpaired) electrons. The molecule has 0 fully saturated rings. The molecule has 0 bridgehead atoms. The summed E-state index contributed by atoms with van der Waals surface area (Å²) in [6, 6.07) is 0.564. The molecular formula is C12H21N5S. The summed E-state index contributed by atoms with van der Waals surface area (Å²) < 4.78 is 0. The van der Waals surface area contributed by atoms with E-state index in [0.717, 1.165) is 19.5 Å². The second-order valence-electron chi connectivity index (χ2n) is 4.47. The van der Waals surface area contributed by atoms with Crippen molar-refractivity contribution in [1.82, 2.24) is 14.9 Å². The first-order chi connectivity index (χ1) is 8.52. The fourth-order valence-corrected chi connectivity index (χ4v) is 1.59. The van der Waals surface area contributed by atoms with Crippen LogP contribution >= 0.6 is 12.2 Å². The zero-order valence-electron chi connectivity index (χ0n) is 11.2. The Hall–Kier alpha value is -1.27. The van der Waals surface area contributed by atoms with Crippen molar-refractivity contribution in [2.45, 2.75) is 26.3 Å². The van der Waals surface area contributed by atoms with Gasteiger partial charge in [0.2, 0.25) is 0 Å². The SMILES string of the molecule is CC(C)N(C)CCCNc1nccnc1C(N)=S. The number of rotatable bonds is 7. The Morgan fingerprint density at radius 2 is 2.11 bits per heavy atom. The predicted octanol–water partition coefficient (Wildman–Crippen LogP) is 1.25. The van der Waals surface area contributed by atoms with E-state index >= 15 is 0 Å². The smallest absolute Gasteiger partial charge is 0.155 e. The van der Waals surface area contributed by atoms with Crippen LogP contribution in [0.15, 0.2) is 12.4 Å². The molecule has 0 aliphatic rings. The van der Waals surface area contributed by atoms with Crippen LogP contribution in [0.5, 0.6) is 0 Å². The Labute approximate surface area is 114 Å². The molecule has 0 saturated carbocycles. The van der Waals surface area contributed by atoms with Gasteiger partial charge in [-0.05, 0) is 33.9 Å². The fourth-order valence-electron chi connectivity index (χ4n) is 1.44. The van der Waals surface area contributed by atoms with Gasteiger partial charge < -0.3 is 16.0 Å². The van der Waals surface area contributed by atoms with Crippen LogP contribution in [0.3, 0.4) is 0 Å². The van der Waals surface area contributed by atoms with Gasteiger partial charge in [-0.15, -0.1) is 0 Å². The van der Waals surface area contributed by atoms with Crippen molar-refractivity contribution in [2.24, 2.45) is 5.73 Å². The molecule has 0 spiro atoms. The molecule has 18 heavy (non-hydrogen) atoms. The van der Waals surface area contributed by atoms with Crippen molar-refractivity contribution < 1.29 is 0 Å². The fraction of sp³-hybridized carbons (Fsp3) is 0.583. The monoisotopic (exact) mass is 267 g/mol. The lowest BCUT2D eigenvalue weighted by atomic mass is 10.3. The Morgan fingerprint density at radius 1 is 1.44 bits per heavy atom. The minimum Gasteiger partial charge on any atom is -0.388 e. The molecule has 0 aliphatic heterocycles. The van der Waals surface area contributed by atoms with Crippen LogP contribution in [-0.2, 0) is 0 Å². The van der Waals surface area contributed by atoms with E-state index in [1.54, 1.807) is 12.4 Å². The molecular weight excluding hydrogens is 246 g/mol. The maximum atomic E-state index is 5.59. The Bertz CT molecular complexity index is 394. The van der Waals surface area contributed by atoms with Crippen molar-refractivity contribution in [3.05, 3.63) is 18.1 Å². The molecule has 0 amide bonds. The quantitative estimate of drug-likeness (QED) is 0.572. The molecule has 3 N–H and O–H groups in total. The lowest BCUT2D eigenvalue weighted by molar-refractivity contribution is 0.273. The summed E-state index contributed by atoms with van der Waals surface area (Å²) in [6.45, 7) is 6.22. The largest absolute Gasteiger partial charge is 0.388 e. The van der Waals surface area contributed by atoms with Gasteiger partial charge in [0.05, 0.1) is 0 Å². The molecule has 1 heterocycles. The third kappa shape index (κ3) is 4.54. The summed E-state index contributed by atoms with van der Waals surface area (Å²) in [4.78, 5) is 10.9. The summed E-state index contributed by atoms with van der Waals surface area (Å²) in [5, 5.41) is 3.22. The van der Waals surface area contributed by atoms with Crippen molar-refractivity contribution in [1.29, 1.82) is 0 Å². The molecule has 0 aliphatic carbocycles. The highest BCUT2D eigenvalue weighted by molar-refractivity contribution is 7.80. The van der Waals surface area contributed by atoms with Crippen molar-refractivity contribution >= 4 is 23.0 Å². The van der Waals surface area contributed by atoms with Gasteiger partial charge >= 0.3 is 0 Å². The second-order valence-corrected chi connectivity index (χ2v) is 4.91. The van der Waals surface area contributed by atoms with Gasteiger partial charge in [-0.2, -0.15) is 0 Å². The van der Waals surface area contributed by atoms with Crippen molar-refractivity contribution in [2.75, 3.05) is 25.5 Å². The Morgan fingerprint density at radius 3 is 2.72 bits per heavy atom. The van der Waals surface area contributed by atoms with Crippen LogP contribution in [0.1, 0.15) is 26.0 Å². The van der Waals surface area contributed by atoms with E-state index in [-0.39, 0.29) is 4.99 Å². The molecule has 1 aromatic heterocycles. The van der Waals surface area contributed by atoms with Crippen LogP contribution < -0.4 is 11.1 Å². The molecule has 5 nitrogen and oxygen atoms in total. The third-order valence-corrected chi connectivity index (χ3v) is 2.99. The van der Waals surface area contributed by atoms with Gasteiger partial charge in [0.25, 0.3) is 0 Å². The zero-order chi connectivity index (χ0) is 13.5. The van der Waals surface area contributed by atoms with Crippen LogP contribution in [-0.4, -0.2) is 46.0 Å². The first kappa shape index (κ1) is 14.8. The summed E-state index contributed by atoms with van der Waals surface area (Å²) in [5.74, 6) is 0.664. The molecule has 1 aromatic rings. The number of nitrogens with one attached hydrogen (secondary N) is 1. The Balaban J connectivity index is 2.42. The van der Waals surface area contributed by atoms with E-state index in [1.165, 1.54) is 0 Å². The Kier molecular flexibility index (Phi) is 5.94. The van der Waals surface area contributed by atoms with E-state index < -0.39 is 0 Å². The number of anilines is 1. The molecule has 0 saturated heterocycles. The molecule has 6 heteroatoms. The molecule has 1 rings (SSSR count). The van der Waals surface area contributed by atoms with Crippen LogP contribution in [0, 0.1) is 0 Å². The van der Waals surface area contributed by atoms with E-state index in [2.05, 4.69) is 41.1 Å². The van der Waals surface area contributed by atoms with Crippen molar-refractivity contribution in [3.8, 4) is 0 Å². The second kappa shape index (κ2) is 7.23. The van der Waals surface area contributed by atoms with Gasteiger partial charge in [0, 0.05) is 25.0 Å². The lowest BCUT2D eigenvalue weighted by Gasteiger charge is -2.20. The number of nitrogens with two attached hydrogens (primary N) is 1. The highest BCUT2D eigenvalue weighted by Crippen LogP contribution is 2.07. The minimum atomic E-state index is 0.268. The number of aromatic nitrogens is 2. The van der Waals surface area contributed by atoms with Gasteiger partial charge in [-0.3, -0.25) is 0 Å². The number of hydrogen-bond donors (Lipinski definition) is 2.